The molecule has 0 radical (unpaired) electrons. The van der Waals surface area contributed by atoms with Crippen LogP contribution < -0.4 is 4.90 Å². The summed E-state index contributed by atoms with van der Waals surface area (Å²) < 4.78 is 0. The van der Waals surface area contributed by atoms with Gasteiger partial charge < -0.3 is 15.1 Å². The van der Waals surface area contributed by atoms with Gasteiger partial charge in [-0.2, -0.15) is 0 Å². The first kappa shape index (κ1) is 17.5. The van der Waals surface area contributed by atoms with Crippen LogP contribution in [0.3, 0.4) is 0 Å². The van der Waals surface area contributed by atoms with E-state index in [1.165, 1.54) is 18.4 Å². The zero-order chi connectivity index (χ0) is 18.8. The zero-order valence-electron chi connectivity index (χ0n) is 16.2. The van der Waals surface area contributed by atoms with Crippen LogP contribution in [0.1, 0.15) is 57.4 Å². The van der Waals surface area contributed by atoms with Gasteiger partial charge in [0.25, 0.3) is 0 Å². The number of piperidine rings is 1. The molecular formula is C22H30N2O3. The number of phenols is 1. The monoisotopic (exact) mass is 370 g/mol. The molecule has 0 bridgehead atoms. The predicted molar refractivity (Wildman–Crippen MR) is 104 cm³/mol. The number of carbonyl (C=O) groups is 1. The standard InChI is InChI=1S/C22H30N2O3/c1-2-18(27)24-17-7-9-21(11-14-25)8-4-12-23-13-10-22(17,20(21)23)15-5-3-6-16(26)19(15)24/h3,5-6,17,20,25-26H,2,4,7-14H2,1H3. The maximum atomic E-state index is 13.0. The highest BCUT2D eigenvalue weighted by molar-refractivity contribution is 5.99. The average Bonchev–Trinajstić information content (AvgIpc) is 3.21. The summed E-state index contributed by atoms with van der Waals surface area (Å²) in [5.74, 6) is 0.351. The molecule has 2 saturated heterocycles. The molecule has 27 heavy (non-hydrogen) atoms. The minimum absolute atomic E-state index is 0.104. The highest BCUT2D eigenvalue weighted by atomic mass is 16.3. The number of rotatable bonds is 3. The number of benzene rings is 1. The van der Waals surface area contributed by atoms with Gasteiger partial charge in [0.2, 0.25) is 5.91 Å². The molecule has 1 aromatic rings. The van der Waals surface area contributed by atoms with Crippen molar-refractivity contribution in [3.05, 3.63) is 23.8 Å². The van der Waals surface area contributed by atoms with Gasteiger partial charge in [0.15, 0.2) is 0 Å². The normalized spacial score (nSPS) is 37.0. The third kappa shape index (κ3) is 2.05. The molecule has 1 aliphatic carbocycles. The van der Waals surface area contributed by atoms with E-state index in [4.69, 9.17) is 0 Å². The number of para-hydroxylation sites is 1. The average molecular weight is 370 g/mol. The highest BCUT2D eigenvalue weighted by Crippen LogP contribution is 2.66. The molecular weight excluding hydrogens is 340 g/mol. The second-order valence-corrected chi connectivity index (χ2v) is 9.01. The van der Waals surface area contributed by atoms with Crippen molar-refractivity contribution in [3.63, 3.8) is 0 Å². The molecule has 4 atom stereocenters. The molecule has 3 aliphatic heterocycles. The van der Waals surface area contributed by atoms with Gasteiger partial charge in [-0.05, 0) is 68.7 Å². The third-order valence-corrected chi connectivity index (χ3v) is 8.13. The van der Waals surface area contributed by atoms with Crippen LogP contribution in [-0.4, -0.2) is 52.8 Å². The fourth-order valence-corrected chi connectivity index (χ4v) is 7.37. The van der Waals surface area contributed by atoms with Crippen molar-refractivity contribution < 1.29 is 15.0 Å². The van der Waals surface area contributed by atoms with Crippen LogP contribution in [-0.2, 0) is 10.2 Å². The van der Waals surface area contributed by atoms with Crippen molar-refractivity contribution >= 4 is 11.6 Å². The van der Waals surface area contributed by atoms with Crippen LogP contribution >= 0.6 is 0 Å². The fourth-order valence-electron chi connectivity index (χ4n) is 7.37. The van der Waals surface area contributed by atoms with Crippen LogP contribution in [0.2, 0.25) is 0 Å². The lowest BCUT2D eigenvalue weighted by Gasteiger charge is -2.58. The molecule has 5 nitrogen and oxygen atoms in total. The summed E-state index contributed by atoms with van der Waals surface area (Å²) in [6.45, 7) is 4.31. The Hall–Kier alpha value is -1.59. The number of carbonyl (C=O) groups excluding carboxylic acids is 1. The van der Waals surface area contributed by atoms with Crippen LogP contribution in [0.4, 0.5) is 5.69 Å². The molecule has 1 amide bonds. The Labute approximate surface area is 161 Å². The fraction of sp³-hybridized carbons (Fsp3) is 0.682. The van der Waals surface area contributed by atoms with E-state index in [1.54, 1.807) is 6.07 Å². The van der Waals surface area contributed by atoms with E-state index >= 15 is 0 Å². The Morgan fingerprint density at radius 2 is 2.11 bits per heavy atom. The lowest BCUT2D eigenvalue weighted by molar-refractivity contribution is -0.120. The number of fused-ring (bicyclic) bond motifs is 1. The first-order chi connectivity index (χ1) is 13.1. The number of phenolic OH excluding ortho intramolecular Hbond substituents is 1. The molecule has 1 aromatic carbocycles. The Balaban J connectivity index is 1.73. The third-order valence-electron chi connectivity index (χ3n) is 8.13. The van der Waals surface area contributed by atoms with Crippen LogP contribution in [0.15, 0.2) is 18.2 Å². The SMILES string of the molecule is CCC(=O)N1c2c(O)cccc2C23CCN4CCCC(CCO)(CCC12)C43. The summed E-state index contributed by atoms with van der Waals surface area (Å²) in [6, 6.07) is 6.30. The van der Waals surface area contributed by atoms with Gasteiger partial charge in [-0.25, -0.2) is 0 Å². The van der Waals surface area contributed by atoms with Crippen molar-refractivity contribution in [2.75, 3.05) is 24.6 Å². The van der Waals surface area contributed by atoms with E-state index in [1.807, 2.05) is 17.9 Å². The van der Waals surface area contributed by atoms with Crippen LogP contribution in [0, 0.1) is 5.41 Å². The molecule has 5 heteroatoms. The number of anilines is 1. The van der Waals surface area contributed by atoms with Gasteiger partial charge in [0, 0.05) is 30.5 Å². The van der Waals surface area contributed by atoms with Gasteiger partial charge >= 0.3 is 0 Å². The molecule has 5 rings (SSSR count). The molecule has 1 saturated carbocycles. The summed E-state index contributed by atoms with van der Waals surface area (Å²) in [4.78, 5) is 17.6. The Kier molecular flexibility index (Phi) is 3.86. The molecule has 146 valence electrons. The molecule has 1 spiro atoms. The summed E-state index contributed by atoms with van der Waals surface area (Å²) in [5, 5.41) is 20.6. The van der Waals surface area contributed by atoms with Crippen LogP contribution in [0.5, 0.6) is 5.75 Å². The first-order valence-corrected chi connectivity index (χ1v) is 10.6. The number of aliphatic hydroxyl groups excluding tert-OH is 1. The van der Waals surface area contributed by atoms with E-state index in [2.05, 4.69) is 11.0 Å². The van der Waals surface area contributed by atoms with Crippen molar-refractivity contribution in [1.82, 2.24) is 4.90 Å². The van der Waals surface area contributed by atoms with E-state index in [0.717, 1.165) is 44.5 Å². The Bertz CT molecular complexity index is 777. The number of amides is 1. The predicted octanol–water partition coefficient (Wildman–Crippen LogP) is 2.79. The van der Waals surface area contributed by atoms with E-state index in [9.17, 15) is 15.0 Å². The molecule has 4 aliphatic rings. The lowest BCUT2D eigenvalue weighted by atomic mass is 9.52. The number of aromatic hydroxyl groups is 1. The molecule has 3 heterocycles. The number of hydrogen-bond acceptors (Lipinski definition) is 4. The maximum absolute atomic E-state index is 13.0. The molecule has 2 N–H and O–H groups in total. The van der Waals surface area contributed by atoms with Crippen molar-refractivity contribution in [3.8, 4) is 5.75 Å². The second-order valence-electron chi connectivity index (χ2n) is 9.01. The van der Waals surface area contributed by atoms with Gasteiger partial charge in [0.05, 0.1) is 5.69 Å². The summed E-state index contributed by atoms with van der Waals surface area (Å²) in [7, 11) is 0. The topological polar surface area (TPSA) is 64.0 Å². The van der Waals surface area contributed by atoms with Crippen molar-refractivity contribution in [1.29, 1.82) is 0 Å². The number of nitrogens with zero attached hydrogens (tertiary/aromatic N) is 2. The molecule has 3 fully saturated rings. The smallest absolute Gasteiger partial charge is 0.227 e. The van der Waals surface area contributed by atoms with E-state index in [-0.39, 0.29) is 35.1 Å². The molecule has 4 unspecified atom stereocenters. The lowest BCUT2D eigenvalue weighted by Crippen LogP contribution is -2.65. The van der Waals surface area contributed by atoms with Crippen LogP contribution in [0.25, 0.3) is 0 Å². The van der Waals surface area contributed by atoms with Gasteiger partial charge in [-0.15, -0.1) is 0 Å². The minimum atomic E-state index is -0.104. The van der Waals surface area contributed by atoms with Crippen molar-refractivity contribution in [2.45, 2.75) is 69.4 Å². The quantitative estimate of drug-likeness (QED) is 0.859. The second kappa shape index (κ2) is 5.95. The summed E-state index contributed by atoms with van der Waals surface area (Å²) in [5.41, 5.74) is 1.97. The number of hydrogen-bond donors (Lipinski definition) is 2. The van der Waals surface area contributed by atoms with Crippen molar-refractivity contribution in [2.24, 2.45) is 5.41 Å². The largest absolute Gasteiger partial charge is 0.506 e. The van der Waals surface area contributed by atoms with Gasteiger partial charge in [0.1, 0.15) is 5.75 Å². The van der Waals surface area contributed by atoms with E-state index in [0.29, 0.717) is 12.5 Å². The van der Waals surface area contributed by atoms with E-state index < -0.39 is 0 Å². The number of aliphatic hydroxyl groups is 1. The van der Waals surface area contributed by atoms with Gasteiger partial charge in [-0.1, -0.05) is 19.1 Å². The molecule has 0 aromatic heterocycles. The van der Waals surface area contributed by atoms with Gasteiger partial charge in [-0.3, -0.25) is 9.69 Å². The zero-order valence-corrected chi connectivity index (χ0v) is 16.2. The first-order valence-electron chi connectivity index (χ1n) is 10.6. The Morgan fingerprint density at radius 3 is 2.89 bits per heavy atom. The minimum Gasteiger partial charge on any atom is -0.506 e. The summed E-state index contributed by atoms with van der Waals surface area (Å²) in [6.07, 6.45) is 6.73. The maximum Gasteiger partial charge on any atom is 0.227 e. The Morgan fingerprint density at radius 1 is 1.26 bits per heavy atom. The summed E-state index contributed by atoms with van der Waals surface area (Å²) >= 11 is 0. The highest BCUT2D eigenvalue weighted by Gasteiger charge is 2.68.